The third kappa shape index (κ3) is 6.76. The summed E-state index contributed by atoms with van der Waals surface area (Å²) >= 11 is 0. The minimum absolute atomic E-state index is 0. The molecule has 0 aliphatic carbocycles. The molecule has 2 atom stereocenters. The normalized spacial score (nSPS) is 18.5. The van der Waals surface area contributed by atoms with Crippen LogP contribution in [0.4, 0.5) is 0 Å². The molecule has 2 rings (SSSR count). The van der Waals surface area contributed by atoms with Crippen molar-refractivity contribution >= 4 is 18.3 Å². The highest BCUT2D eigenvalue weighted by atomic mass is 35.5. The van der Waals surface area contributed by atoms with Gasteiger partial charge in [0.05, 0.1) is 5.54 Å². The molecule has 1 amide bonds. The largest absolute Gasteiger partial charge is 0.491 e. The van der Waals surface area contributed by atoms with Gasteiger partial charge < -0.3 is 20.5 Å². The summed E-state index contributed by atoms with van der Waals surface area (Å²) in [4.78, 5) is 16.5. The van der Waals surface area contributed by atoms with Crippen LogP contribution in [0, 0.1) is 0 Å². The van der Waals surface area contributed by atoms with Gasteiger partial charge in [0, 0.05) is 32.7 Å². The predicted molar refractivity (Wildman–Crippen MR) is 106 cm³/mol. The van der Waals surface area contributed by atoms with Crippen LogP contribution in [0.2, 0.25) is 0 Å². The Bertz CT molecular complexity index is 534. The number of aliphatic hydroxyl groups excluding tert-OH is 1. The number of hydrogen-bond donors (Lipinski definition) is 2. The molecule has 0 radical (unpaired) electrons. The quantitative estimate of drug-likeness (QED) is 0.709. The third-order valence-electron chi connectivity index (χ3n) is 4.57. The second kappa shape index (κ2) is 10.7. The van der Waals surface area contributed by atoms with E-state index in [4.69, 9.17) is 10.5 Å². The number of para-hydroxylation sites is 1. The average molecular weight is 386 g/mol. The summed E-state index contributed by atoms with van der Waals surface area (Å²) in [5, 5.41) is 10.2. The summed E-state index contributed by atoms with van der Waals surface area (Å²) in [6, 6.07) is 9.48. The molecule has 0 saturated carbocycles. The van der Waals surface area contributed by atoms with Crippen LogP contribution < -0.4 is 10.5 Å². The number of nitrogens with two attached hydrogens (primary N) is 1. The Kier molecular flexibility index (Phi) is 9.36. The molecular weight excluding hydrogens is 354 g/mol. The van der Waals surface area contributed by atoms with E-state index in [0.717, 1.165) is 25.3 Å². The molecule has 1 fully saturated rings. The summed E-state index contributed by atoms with van der Waals surface area (Å²) in [6.45, 7) is 7.46. The Morgan fingerprint density at radius 2 is 1.88 bits per heavy atom. The van der Waals surface area contributed by atoms with Gasteiger partial charge >= 0.3 is 0 Å². The van der Waals surface area contributed by atoms with E-state index in [2.05, 4.69) is 4.90 Å². The fourth-order valence-corrected chi connectivity index (χ4v) is 3.18. The fraction of sp³-hybridized carbons (Fsp3) is 0.632. The van der Waals surface area contributed by atoms with Crippen LogP contribution in [0.3, 0.4) is 0 Å². The predicted octanol–water partition coefficient (Wildman–Crippen LogP) is 1.51. The fourth-order valence-electron chi connectivity index (χ4n) is 3.18. The van der Waals surface area contributed by atoms with Crippen molar-refractivity contribution in [2.75, 3.05) is 39.3 Å². The van der Waals surface area contributed by atoms with E-state index in [1.807, 2.05) is 49.1 Å². The van der Waals surface area contributed by atoms with Crippen molar-refractivity contribution in [3.8, 4) is 5.75 Å². The molecule has 2 unspecified atom stereocenters. The van der Waals surface area contributed by atoms with Gasteiger partial charge in [0.15, 0.2) is 0 Å². The first-order valence-electron chi connectivity index (χ1n) is 9.09. The summed E-state index contributed by atoms with van der Waals surface area (Å²) in [5.74, 6) is 0.789. The molecule has 6 nitrogen and oxygen atoms in total. The number of aliphatic hydroxyl groups is 1. The SMILES string of the molecule is CCCC(C)(N)C(=O)N1CCN(CC(O)COc2ccccc2)CC1.Cl. The van der Waals surface area contributed by atoms with Crippen molar-refractivity contribution in [2.24, 2.45) is 5.73 Å². The lowest BCUT2D eigenvalue weighted by Gasteiger charge is -2.39. The van der Waals surface area contributed by atoms with Crippen molar-refractivity contribution in [2.45, 2.75) is 38.3 Å². The molecule has 1 saturated heterocycles. The molecule has 0 aromatic heterocycles. The first-order valence-corrected chi connectivity index (χ1v) is 9.09. The topological polar surface area (TPSA) is 79.0 Å². The average Bonchev–Trinajstić information content (AvgIpc) is 2.61. The molecular formula is C19H32ClN3O3. The third-order valence-corrected chi connectivity index (χ3v) is 4.57. The summed E-state index contributed by atoms with van der Waals surface area (Å²) < 4.78 is 5.58. The molecule has 7 heteroatoms. The lowest BCUT2D eigenvalue weighted by atomic mass is 9.95. The van der Waals surface area contributed by atoms with Crippen LogP contribution in [-0.4, -0.2) is 71.8 Å². The van der Waals surface area contributed by atoms with Gasteiger partial charge in [-0.3, -0.25) is 9.69 Å². The van der Waals surface area contributed by atoms with Gasteiger partial charge in [0.1, 0.15) is 18.5 Å². The summed E-state index contributed by atoms with van der Waals surface area (Å²) in [5.41, 5.74) is 5.37. The smallest absolute Gasteiger partial charge is 0.242 e. The highest BCUT2D eigenvalue weighted by molar-refractivity contribution is 5.86. The molecule has 148 valence electrons. The van der Waals surface area contributed by atoms with E-state index in [1.165, 1.54) is 0 Å². The van der Waals surface area contributed by atoms with Crippen molar-refractivity contribution in [1.82, 2.24) is 9.80 Å². The molecule has 1 aliphatic rings. The zero-order valence-corrected chi connectivity index (χ0v) is 16.6. The number of carbonyl (C=O) groups excluding carboxylic acids is 1. The number of rotatable bonds is 8. The van der Waals surface area contributed by atoms with Crippen LogP contribution >= 0.6 is 12.4 Å². The Morgan fingerprint density at radius 3 is 2.46 bits per heavy atom. The van der Waals surface area contributed by atoms with Crippen molar-refractivity contribution in [1.29, 1.82) is 0 Å². The standard InChI is InChI=1S/C19H31N3O3.ClH/c1-3-9-19(2,20)18(24)22-12-10-21(11-13-22)14-16(23)15-25-17-7-5-4-6-8-17;/h4-8,16,23H,3,9-15,20H2,1-2H3;1H. The molecule has 1 aromatic rings. The maximum absolute atomic E-state index is 12.5. The minimum Gasteiger partial charge on any atom is -0.491 e. The zero-order valence-electron chi connectivity index (χ0n) is 15.8. The van der Waals surface area contributed by atoms with Gasteiger partial charge in [-0.05, 0) is 25.5 Å². The van der Waals surface area contributed by atoms with Gasteiger partial charge in [0.25, 0.3) is 0 Å². The van der Waals surface area contributed by atoms with Crippen molar-refractivity contribution in [3.63, 3.8) is 0 Å². The van der Waals surface area contributed by atoms with Crippen molar-refractivity contribution in [3.05, 3.63) is 30.3 Å². The van der Waals surface area contributed by atoms with Gasteiger partial charge in [-0.2, -0.15) is 0 Å². The maximum atomic E-state index is 12.5. The minimum atomic E-state index is -0.778. The van der Waals surface area contributed by atoms with Crippen molar-refractivity contribution < 1.29 is 14.6 Å². The van der Waals surface area contributed by atoms with Gasteiger partial charge in [-0.1, -0.05) is 31.5 Å². The molecule has 0 spiro atoms. The van der Waals surface area contributed by atoms with Crippen LogP contribution in [0.1, 0.15) is 26.7 Å². The maximum Gasteiger partial charge on any atom is 0.242 e. The zero-order chi connectivity index (χ0) is 18.3. The van der Waals surface area contributed by atoms with Gasteiger partial charge in [-0.25, -0.2) is 0 Å². The van der Waals surface area contributed by atoms with E-state index in [9.17, 15) is 9.90 Å². The van der Waals surface area contributed by atoms with Gasteiger partial charge in [0.2, 0.25) is 5.91 Å². The Labute approximate surface area is 162 Å². The lowest BCUT2D eigenvalue weighted by molar-refractivity contribution is -0.138. The van der Waals surface area contributed by atoms with E-state index < -0.39 is 11.6 Å². The monoisotopic (exact) mass is 385 g/mol. The number of amides is 1. The van der Waals surface area contributed by atoms with E-state index in [-0.39, 0.29) is 24.9 Å². The van der Waals surface area contributed by atoms with Crippen LogP contribution in [0.5, 0.6) is 5.75 Å². The summed E-state index contributed by atoms with van der Waals surface area (Å²) in [6.07, 6.45) is 1.04. The van der Waals surface area contributed by atoms with E-state index >= 15 is 0 Å². The number of hydrogen-bond acceptors (Lipinski definition) is 5. The second-order valence-electron chi connectivity index (χ2n) is 7.04. The molecule has 1 aromatic carbocycles. The first kappa shape index (κ1) is 22.7. The van der Waals surface area contributed by atoms with Crippen LogP contribution in [0.15, 0.2) is 30.3 Å². The second-order valence-corrected chi connectivity index (χ2v) is 7.04. The van der Waals surface area contributed by atoms with E-state index in [1.54, 1.807) is 0 Å². The van der Waals surface area contributed by atoms with Crippen LogP contribution in [-0.2, 0) is 4.79 Å². The Balaban J connectivity index is 0.00000338. The number of benzene rings is 1. The molecule has 1 aliphatic heterocycles. The number of carbonyl (C=O) groups is 1. The molecule has 0 bridgehead atoms. The Hall–Kier alpha value is -1.34. The number of halogens is 1. The first-order chi connectivity index (χ1) is 11.9. The lowest BCUT2D eigenvalue weighted by Crippen LogP contribution is -2.58. The highest BCUT2D eigenvalue weighted by Crippen LogP contribution is 2.15. The van der Waals surface area contributed by atoms with E-state index in [0.29, 0.717) is 26.1 Å². The summed E-state index contributed by atoms with van der Waals surface area (Å²) in [7, 11) is 0. The number of nitrogens with zero attached hydrogens (tertiary/aromatic N) is 2. The van der Waals surface area contributed by atoms with Crippen LogP contribution in [0.25, 0.3) is 0 Å². The molecule has 3 N–H and O–H groups in total. The molecule has 1 heterocycles. The van der Waals surface area contributed by atoms with Gasteiger partial charge in [-0.15, -0.1) is 12.4 Å². The molecule has 26 heavy (non-hydrogen) atoms. The number of piperazine rings is 1. The Morgan fingerprint density at radius 1 is 1.27 bits per heavy atom. The highest BCUT2D eigenvalue weighted by Gasteiger charge is 2.33. The number of ether oxygens (including phenoxy) is 1. The number of β-amino-alcohol motifs (C(OH)–C–C–N with tert-alkyl or cyclic N) is 1.